The average Bonchev–Trinajstić information content (AvgIpc) is 2.46. The molecule has 0 saturated heterocycles. The van der Waals surface area contributed by atoms with Crippen LogP contribution in [0.4, 0.5) is 5.69 Å². The maximum Gasteiger partial charge on any atom is 0.277 e. The SMILES string of the molecule is CCOc1cc(CN)ccc1Oc1nc[nH]c(=O)c1N. The first-order valence-corrected chi connectivity index (χ1v) is 6.12. The van der Waals surface area contributed by atoms with E-state index >= 15 is 0 Å². The van der Waals surface area contributed by atoms with Crippen molar-refractivity contribution in [3.05, 3.63) is 40.4 Å². The summed E-state index contributed by atoms with van der Waals surface area (Å²) in [6, 6.07) is 5.29. The number of rotatable bonds is 5. The van der Waals surface area contributed by atoms with Crippen LogP contribution in [-0.4, -0.2) is 16.6 Å². The molecule has 2 aromatic rings. The van der Waals surface area contributed by atoms with Crippen LogP contribution in [0.15, 0.2) is 29.3 Å². The van der Waals surface area contributed by atoms with Crippen LogP contribution in [0.3, 0.4) is 0 Å². The van der Waals surface area contributed by atoms with Gasteiger partial charge in [0.05, 0.1) is 12.9 Å². The van der Waals surface area contributed by atoms with Crippen LogP contribution in [0.1, 0.15) is 12.5 Å². The minimum atomic E-state index is -0.452. The third-order valence-corrected chi connectivity index (χ3v) is 2.60. The second kappa shape index (κ2) is 6.07. The Morgan fingerprint density at radius 2 is 2.15 bits per heavy atom. The molecule has 0 unspecified atom stereocenters. The molecule has 2 rings (SSSR count). The van der Waals surface area contributed by atoms with Crippen molar-refractivity contribution in [3.63, 3.8) is 0 Å². The van der Waals surface area contributed by atoms with Gasteiger partial charge in [-0.15, -0.1) is 0 Å². The first-order chi connectivity index (χ1) is 9.65. The van der Waals surface area contributed by atoms with Crippen molar-refractivity contribution < 1.29 is 9.47 Å². The Morgan fingerprint density at radius 3 is 2.85 bits per heavy atom. The van der Waals surface area contributed by atoms with Crippen molar-refractivity contribution in [1.82, 2.24) is 9.97 Å². The summed E-state index contributed by atoms with van der Waals surface area (Å²) in [6.07, 6.45) is 1.22. The number of ether oxygens (including phenoxy) is 2. The van der Waals surface area contributed by atoms with E-state index in [0.29, 0.717) is 24.7 Å². The molecule has 1 aromatic heterocycles. The quantitative estimate of drug-likeness (QED) is 0.750. The molecule has 0 atom stereocenters. The zero-order valence-electron chi connectivity index (χ0n) is 11.1. The third kappa shape index (κ3) is 2.89. The predicted molar refractivity (Wildman–Crippen MR) is 74.8 cm³/mol. The summed E-state index contributed by atoms with van der Waals surface area (Å²) in [5.41, 5.74) is 11.6. The van der Waals surface area contributed by atoms with E-state index < -0.39 is 5.56 Å². The summed E-state index contributed by atoms with van der Waals surface area (Å²) in [5.74, 6) is 0.987. The van der Waals surface area contributed by atoms with Crippen molar-refractivity contribution in [2.45, 2.75) is 13.5 Å². The second-order valence-corrected chi connectivity index (χ2v) is 3.97. The minimum absolute atomic E-state index is 0.0372. The fourth-order valence-corrected chi connectivity index (χ4v) is 1.61. The van der Waals surface area contributed by atoms with E-state index in [-0.39, 0.29) is 11.6 Å². The van der Waals surface area contributed by atoms with E-state index in [1.807, 2.05) is 6.92 Å². The lowest BCUT2D eigenvalue weighted by Gasteiger charge is -2.12. The topological polar surface area (TPSA) is 116 Å². The van der Waals surface area contributed by atoms with Gasteiger partial charge in [-0.05, 0) is 24.6 Å². The molecule has 20 heavy (non-hydrogen) atoms. The zero-order valence-corrected chi connectivity index (χ0v) is 11.1. The highest BCUT2D eigenvalue weighted by Crippen LogP contribution is 2.32. The molecule has 7 heteroatoms. The van der Waals surface area contributed by atoms with E-state index in [0.717, 1.165) is 5.56 Å². The highest BCUT2D eigenvalue weighted by Gasteiger charge is 2.11. The standard InChI is InChI=1S/C13H16N4O3/c1-2-19-10-5-8(6-14)3-4-9(10)20-13-11(15)12(18)16-7-17-13/h3-5,7H,2,6,14-15H2,1H3,(H,16,17,18). The fraction of sp³-hybridized carbons (Fsp3) is 0.231. The van der Waals surface area contributed by atoms with Crippen molar-refractivity contribution in [3.8, 4) is 17.4 Å². The van der Waals surface area contributed by atoms with Crippen LogP contribution < -0.4 is 26.5 Å². The van der Waals surface area contributed by atoms with E-state index in [9.17, 15) is 4.79 Å². The number of hydrogen-bond donors (Lipinski definition) is 3. The molecule has 0 fully saturated rings. The molecular formula is C13H16N4O3. The number of aromatic nitrogens is 2. The lowest BCUT2D eigenvalue weighted by atomic mass is 10.2. The maximum absolute atomic E-state index is 11.4. The molecular weight excluding hydrogens is 260 g/mol. The van der Waals surface area contributed by atoms with Crippen LogP contribution in [0.2, 0.25) is 0 Å². The van der Waals surface area contributed by atoms with Crippen LogP contribution >= 0.6 is 0 Å². The van der Waals surface area contributed by atoms with Gasteiger partial charge in [0.1, 0.15) is 0 Å². The molecule has 0 saturated carbocycles. The van der Waals surface area contributed by atoms with Crippen molar-refractivity contribution >= 4 is 5.69 Å². The van der Waals surface area contributed by atoms with Crippen molar-refractivity contribution in [2.75, 3.05) is 12.3 Å². The Balaban J connectivity index is 2.37. The molecule has 0 bridgehead atoms. The monoisotopic (exact) mass is 276 g/mol. The van der Waals surface area contributed by atoms with Gasteiger partial charge >= 0.3 is 0 Å². The average molecular weight is 276 g/mol. The molecule has 1 heterocycles. The highest BCUT2D eigenvalue weighted by molar-refractivity contribution is 5.50. The summed E-state index contributed by atoms with van der Waals surface area (Å²) >= 11 is 0. The first kappa shape index (κ1) is 13.9. The summed E-state index contributed by atoms with van der Waals surface area (Å²) in [7, 11) is 0. The number of nitrogens with one attached hydrogen (secondary N) is 1. The molecule has 0 amide bonds. The number of benzene rings is 1. The van der Waals surface area contributed by atoms with Crippen LogP contribution in [-0.2, 0) is 6.54 Å². The molecule has 1 aromatic carbocycles. The van der Waals surface area contributed by atoms with Crippen LogP contribution in [0, 0.1) is 0 Å². The number of nitrogens with zero attached hydrogens (tertiary/aromatic N) is 1. The molecule has 0 aliphatic carbocycles. The zero-order chi connectivity index (χ0) is 14.5. The van der Waals surface area contributed by atoms with Crippen molar-refractivity contribution in [2.24, 2.45) is 5.73 Å². The third-order valence-electron chi connectivity index (χ3n) is 2.60. The first-order valence-electron chi connectivity index (χ1n) is 6.12. The molecule has 0 aliphatic rings. The summed E-state index contributed by atoms with van der Waals surface area (Å²) in [6.45, 7) is 2.73. The van der Waals surface area contributed by atoms with Gasteiger partial charge in [0.15, 0.2) is 17.2 Å². The van der Waals surface area contributed by atoms with Gasteiger partial charge in [0.2, 0.25) is 5.88 Å². The number of nitrogens with two attached hydrogens (primary N) is 2. The summed E-state index contributed by atoms with van der Waals surface area (Å²) < 4.78 is 11.0. The van der Waals surface area contributed by atoms with E-state index in [1.54, 1.807) is 18.2 Å². The Hall–Kier alpha value is -2.54. The molecule has 0 spiro atoms. The predicted octanol–water partition coefficient (Wildman–Crippen LogP) is 1.00. The van der Waals surface area contributed by atoms with Gasteiger partial charge in [-0.3, -0.25) is 4.79 Å². The Kier molecular flexibility index (Phi) is 4.21. The number of nitrogen functional groups attached to an aromatic ring is 1. The lowest BCUT2D eigenvalue weighted by Crippen LogP contribution is -2.13. The van der Waals surface area contributed by atoms with Gasteiger partial charge < -0.3 is 25.9 Å². The van der Waals surface area contributed by atoms with Crippen LogP contribution in [0.5, 0.6) is 17.4 Å². The normalized spacial score (nSPS) is 10.3. The van der Waals surface area contributed by atoms with E-state index in [1.165, 1.54) is 6.33 Å². The second-order valence-electron chi connectivity index (χ2n) is 3.97. The lowest BCUT2D eigenvalue weighted by molar-refractivity contribution is 0.319. The minimum Gasteiger partial charge on any atom is -0.490 e. The molecule has 106 valence electrons. The Bertz CT molecular complexity index is 654. The number of hydrogen-bond acceptors (Lipinski definition) is 6. The molecule has 5 N–H and O–H groups in total. The largest absolute Gasteiger partial charge is 0.490 e. The van der Waals surface area contributed by atoms with Gasteiger partial charge in [-0.2, -0.15) is 0 Å². The Labute approximate surface area is 115 Å². The van der Waals surface area contributed by atoms with Crippen molar-refractivity contribution in [1.29, 1.82) is 0 Å². The fourth-order valence-electron chi connectivity index (χ4n) is 1.61. The smallest absolute Gasteiger partial charge is 0.277 e. The molecule has 7 nitrogen and oxygen atoms in total. The number of aromatic amines is 1. The van der Waals surface area contributed by atoms with Crippen LogP contribution in [0.25, 0.3) is 0 Å². The number of H-pyrrole nitrogens is 1. The van der Waals surface area contributed by atoms with Gasteiger partial charge in [0.25, 0.3) is 5.56 Å². The summed E-state index contributed by atoms with van der Waals surface area (Å²) in [4.78, 5) is 17.7. The molecule has 0 radical (unpaired) electrons. The van der Waals surface area contributed by atoms with E-state index in [4.69, 9.17) is 20.9 Å². The highest BCUT2D eigenvalue weighted by atomic mass is 16.5. The number of anilines is 1. The van der Waals surface area contributed by atoms with Gasteiger partial charge in [-0.1, -0.05) is 6.07 Å². The van der Waals surface area contributed by atoms with Gasteiger partial charge in [0, 0.05) is 6.54 Å². The van der Waals surface area contributed by atoms with Gasteiger partial charge in [-0.25, -0.2) is 4.98 Å². The maximum atomic E-state index is 11.4. The summed E-state index contributed by atoms with van der Waals surface area (Å²) in [5, 5.41) is 0. The Morgan fingerprint density at radius 1 is 1.35 bits per heavy atom. The molecule has 0 aliphatic heterocycles. The van der Waals surface area contributed by atoms with E-state index in [2.05, 4.69) is 9.97 Å².